The van der Waals surface area contributed by atoms with Crippen LogP contribution in [-0.4, -0.2) is 69.6 Å². The molecule has 1 unspecified atom stereocenters. The smallest absolute Gasteiger partial charge is 0.325 e. The number of imide groups is 1. The average Bonchev–Trinajstić information content (AvgIpc) is 3.29. The van der Waals surface area contributed by atoms with Crippen molar-refractivity contribution in [1.82, 2.24) is 30.0 Å². The zero-order valence-corrected chi connectivity index (χ0v) is 15.9. The molecule has 26 heavy (non-hydrogen) atoms. The third-order valence-electron chi connectivity index (χ3n) is 5.82. The number of nitrogens with one attached hydrogen (secondary N) is 2. The van der Waals surface area contributed by atoms with E-state index in [1.54, 1.807) is 0 Å². The van der Waals surface area contributed by atoms with Crippen LogP contribution in [0.4, 0.5) is 4.79 Å². The summed E-state index contributed by atoms with van der Waals surface area (Å²) in [4.78, 5) is 33.3. The van der Waals surface area contributed by atoms with Crippen LogP contribution in [-0.2, 0) is 11.8 Å². The molecular formula is C17H27ClN6O2. The second-order valence-electron chi connectivity index (χ2n) is 7.33. The van der Waals surface area contributed by atoms with E-state index in [4.69, 9.17) is 0 Å². The number of aromatic nitrogens is 2. The molecule has 1 spiro atoms. The van der Waals surface area contributed by atoms with Crippen molar-refractivity contribution in [1.29, 1.82) is 0 Å². The highest BCUT2D eigenvalue weighted by atomic mass is 35.5. The zero-order chi connectivity index (χ0) is 17.4. The fraction of sp³-hybridized carbons (Fsp3) is 0.706. The van der Waals surface area contributed by atoms with E-state index < -0.39 is 5.54 Å². The lowest BCUT2D eigenvalue weighted by Gasteiger charge is -2.36. The maximum Gasteiger partial charge on any atom is 0.325 e. The van der Waals surface area contributed by atoms with Crippen molar-refractivity contribution < 1.29 is 9.59 Å². The van der Waals surface area contributed by atoms with Crippen LogP contribution < -0.4 is 10.6 Å². The van der Waals surface area contributed by atoms with Gasteiger partial charge in [0.05, 0.1) is 6.04 Å². The third kappa shape index (κ3) is 3.21. The van der Waals surface area contributed by atoms with Crippen LogP contribution in [0, 0.1) is 0 Å². The zero-order valence-electron chi connectivity index (χ0n) is 15.1. The van der Waals surface area contributed by atoms with Crippen LogP contribution in [0.3, 0.4) is 0 Å². The summed E-state index contributed by atoms with van der Waals surface area (Å²) in [7, 11) is 2.00. The van der Waals surface area contributed by atoms with Crippen LogP contribution in [0.15, 0.2) is 12.4 Å². The Morgan fingerprint density at radius 3 is 2.73 bits per heavy atom. The van der Waals surface area contributed by atoms with Crippen LogP contribution in [0.5, 0.6) is 0 Å². The van der Waals surface area contributed by atoms with E-state index in [0.717, 1.165) is 51.1 Å². The molecule has 8 nitrogen and oxygen atoms in total. The normalized spacial score (nSPS) is 25.6. The van der Waals surface area contributed by atoms with Crippen LogP contribution in [0.25, 0.3) is 0 Å². The molecule has 1 aliphatic carbocycles. The molecule has 1 aromatic rings. The van der Waals surface area contributed by atoms with Crippen molar-refractivity contribution in [2.24, 2.45) is 7.05 Å². The summed E-state index contributed by atoms with van der Waals surface area (Å²) < 4.78 is 2.03. The summed E-state index contributed by atoms with van der Waals surface area (Å²) >= 11 is 0. The molecule has 0 bridgehead atoms. The molecule has 4 rings (SSSR count). The molecule has 3 heterocycles. The van der Waals surface area contributed by atoms with Gasteiger partial charge in [0.15, 0.2) is 0 Å². The maximum atomic E-state index is 12.8. The lowest BCUT2D eigenvalue weighted by Crippen LogP contribution is -2.50. The molecule has 1 atom stereocenters. The van der Waals surface area contributed by atoms with Gasteiger partial charge in [0.1, 0.15) is 11.4 Å². The number of nitrogens with zero attached hydrogens (tertiary/aromatic N) is 4. The summed E-state index contributed by atoms with van der Waals surface area (Å²) in [6.07, 6.45) is 7.33. The minimum Gasteiger partial charge on any atom is -0.337 e. The van der Waals surface area contributed by atoms with Crippen molar-refractivity contribution in [3.63, 3.8) is 0 Å². The van der Waals surface area contributed by atoms with Crippen LogP contribution in [0.2, 0.25) is 0 Å². The van der Waals surface area contributed by atoms with E-state index in [1.165, 1.54) is 4.90 Å². The summed E-state index contributed by atoms with van der Waals surface area (Å²) in [5.41, 5.74) is -0.611. The predicted molar refractivity (Wildman–Crippen MR) is 99.1 cm³/mol. The molecule has 0 aromatic carbocycles. The third-order valence-corrected chi connectivity index (χ3v) is 5.82. The Kier molecular flexibility index (Phi) is 5.55. The number of hydrogen-bond acceptors (Lipinski definition) is 5. The Bertz CT molecular complexity index is 672. The number of hydrogen-bond donors (Lipinski definition) is 2. The van der Waals surface area contributed by atoms with Gasteiger partial charge in [-0.2, -0.15) is 0 Å². The van der Waals surface area contributed by atoms with Crippen LogP contribution >= 0.6 is 12.4 Å². The first kappa shape index (κ1) is 19.1. The Morgan fingerprint density at radius 1 is 1.27 bits per heavy atom. The van der Waals surface area contributed by atoms with Gasteiger partial charge in [-0.25, -0.2) is 9.78 Å². The lowest BCUT2D eigenvalue weighted by atomic mass is 9.98. The molecule has 3 amide bonds. The lowest BCUT2D eigenvalue weighted by molar-refractivity contribution is -0.131. The van der Waals surface area contributed by atoms with E-state index >= 15 is 0 Å². The highest BCUT2D eigenvalue weighted by Crippen LogP contribution is 2.35. The van der Waals surface area contributed by atoms with E-state index in [2.05, 4.69) is 20.5 Å². The quantitative estimate of drug-likeness (QED) is 0.747. The predicted octanol–water partition coefficient (Wildman–Crippen LogP) is 0.653. The van der Waals surface area contributed by atoms with Crippen molar-refractivity contribution in [2.75, 3.05) is 32.7 Å². The number of rotatable bonds is 4. The van der Waals surface area contributed by atoms with Gasteiger partial charge in [-0.05, 0) is 12.8 Å². The first-order valence-electron chi connectivity index (χ1n) is 9.17. The second kappa shape index (κ2) is 7.54. The number of halogens is 1. The number of imidazole rings is 1. The molecule has 144 valence electrons. The van der Waals surface area contributed by atoms with Crippen molar-refractivity contribution in [3.8, 4) is 0 Å². The first-order chi connectivity index (χ1) is 12.1. The summed E-state index contributed by atoms with van der Waals surface area (Å²) in [6, 6.07) is -0.0643. The monoisotopic (exact) mass is 382 g/mol. The topological polar surface area (TPSA) is 82.5 Å². The first-order valence-corrected chi connectivity index (χ1v) is 9.17. The van der Waals surface area contributed by atoms with Gasteiger partial charge in [-0.15, -0.1) is 12.4 Å². The molecule has 1 saturated carbocycles. The number of carbonyl (C=O) groups is 2. The van der Waals surface area contributed by atoms with Gasteiger partial charge in [-0.3, -0.25) is 14.6 Å². The highest BCUT2D eigenvalue weighted by Gasteiger charge is 2.52. The SMILES string of the molecule is Cl.Cn1ccnc1C1CNCCN1CCN1C(=O)NC2(CCCC2)C1=O. The molecular weight excluding hydrogens is 356 g/mol. The summed E-state index contributed by atoms with van der Waals surface area (Å²) in [5.74, 6) is 0.982. The van der Waals surface area contributed by atoms with E-state index in [0.29, 0.717) is 13.1 Å². The largest absolute Gasteiger partial charge is 0.337 e. The van der Waals surface area contributed by atoms with E-state index in [1.807, 2.05) is 24.0 Å². The Morgan fingerprint density at radius 2 is 2.04 bits per heavy atom. The molecule has 2 aliphatic heterocycles. The Labute approximate surface area is 159 Å². The standard InChI is InChI=1S/C17H26N6O2.ClH/c1-21-8-7-19-14(21)13-12-18-6-9-22(13)10-11-23-15(24)17(20-16(23)25)4-2-3-5-17;/h7-8,13,18H,2-6,9-12H2,1H3,(H,20,25);1H. The minimum atomic E-state index is -0.611. The number of piperazine rings is 1. The maximum absolute atomic E-state index is 12.8. The molecule has 2 N–H and O–H groups in total. The van der Waals surface area contributed by atoms with E-state index in [-0.39, 0.29) is 30.4 Å². The second-order valence-corrected chi connectivity index (χ2v) is 7.33. The van der Waals surface area contributed by atoms with Crippen molar-refractivity contribution in [3.05, 3.63) is 18.2 Å². The van der Waals surface area contributed by atoms with Gasteiger partial charge in [0.2, 0.25) is 0 Å². The number of carbonyl (C=O) groups excluding carboxylic acids is 2. The molecule has 0 radical (unpaired) electrons. The van der Waals surface area contributed by atoms with Crippen molar-refractivity contribution >= 4 is 24.3 Å². The minimum absolute atomic E-state index is 0. The van der Waals surface area contributed by atoms with Gasteiger partial charge in [0.25, 0.3) is 5.91 Å². The summed E-state index contributed by atoms with van der Waals surface area (Å²) in [6.45, 7) is 3.73. The molecule has 3 aliphatic rings. The van der Waals surface area contributed by atoms with Gasteiger partial charge in [-0.1, -0.05) is 12.8 Å². The van der Waals surface area contributed by atoms with Gasteiger partial charge < -0.3 is 15.2 Å². The number of urea groups is 1. The van der Waals surface area contributed by atoms with E-state index in [9.17, 15) is 9.59 Å². The Hall–Kier alpha value is -1.64. The molecule has 3 fully saturated rings. The number of aryl methyl sites for hydroxylation is 1. The average molecular weight is 383 g/mol. The van der Waals surface area contributed by atoms with Gasteiger partial charge in [0, 0.05) is 52.2 Å². The molecule has 9 heteroatoms. The molecule has 2 saturated heterocycles. The fourth-order valence-corrected chi connectivity index (χ4v) is 4.39. The number of amides is 3. The molecule has 1 aromatic heterocycles. The van der Waals surface area contributed by atoms with Gasteiger partial charge >= 0.3 is 6.03 Å². The highest BCUT2D eigenvalue weighted by molar-refractivity contribution is 6.07. The Balaban J connectivity index is 0.00000196. The van der Waals surface area contributed by atoms with Crippen LogP contribution in [0.1, 0.15) is 37.5 Å². The fourth-order valence-electron chi connectivity index (χ4n) is 4.39. The summed E-state index contributed by atoms with van der Waals surface area (Å²) in [5, 5.41) is 6.37. The van der Waals surface area contributed by atoms with Crippen molar-refractivity contribution in [2.45, 2.75) is 37.3 Å².